The Labute approximate surface area is 85.8 Å². The lowest BCUT2D eigenvalue weighted by Gasteiger charge is -2.05. The zero-order chi connectivity index (χ0) is 11.1. The van der Waals surface area contributed by atoms with Crippen molar-refractivity contribution >= 4 is 12.2 Å². The third kappa shape index (κ3) is 2.56. The van der Waals surface area contributed by atoms with Crippen LogP contribution in [0, 0.1) is 12.7 Å². The third-order valence-corrected chi connectivity index (χ3v) is 1.86. The molecular weight excluding hydrogens is 175 g/mol. The van der Waals surface area contributed by atoms with Crippen molar-refractivity contribution in [2.45, 2.75) is 20.8 Å². The smallest absolute Gasteiger partial charge is 0.131 e. The third-order valence-electron chi connectivity index (χ3n) is 1.86. The average molecular weight is 192 g/mol. The molecular formula is C13H17F. The maximum atomic E-state index is 13.1. The second-order valence-corrected chi connectivity index (χ2v) is 2.60. The van der Waals surface area contributed by atoms with Gasteiger partial charge in [0.2, 0.25) is 0 Å². The minimum Gasteiger partial charge on any atom is -0.206 e. The summed E-state index contributed by atoms with van der Waals surface area (Å²) in [5, 5.41) is 0. The van der Waals surface area contributed by atoms with Crippen LogP contribution in [0.2, 0.25) is 0 Å². The van der Waals surface area contributed by atoms with E-state index >= 15 is 0 Å². The lowest BCUT2D eigenvalue weighted by atomic mass is 10.0. The molecule has 14 heavy (non-hydrogen) atoms. The number of hydrogen-bond acceptors (Lipinski definition) is 0. The second-order valence-electron chi connectivity index (χ2n) is 2.60. The fourth-order valence-electron chi connectivity index (χ4n) is 1.20. The fraction of sp³-hybridized carbons (Fsp3) is 0.231. The average Bonchev–Trinajstić information content (AvgIpc) is 2.24. The van der Waals surface area contributed by atoms with Gasteiger partial charge < -0.3 is 0 Å². The quantitative estimate of drug-likeness (QED) is 0.649. The molecule has 0 atom stereocenters. The Kier molecular flexibility index (Phi) is 5.54. The standard InChI is InChI=1S/C11H11F.C2H6/c1-4-9-8(3)6-7-11(12)10(9)5-2;1-2/h4-7H,1-2H2,3H3;1-2H3. The van der Waals surface area contributed by atoms with Crippen molar-refractivity contribution in [2.75, 3.05) is 0 Å². The predicted octanol–water partition coefficient (Wildman–Crippen LogP) is 4.45. The van der Waals surface area contributed by atoms with E-state index in [2.05, 4.69) is 13.2 Å². The predicted molar refractivity (Wildman–Crippen MR) is 62.7 cm³/mol. The van der Waals surface area contributed by atoms with Gasteiger partial charge in [0.25, 0.3) is 0 Å². The number of benzene rings is 1. The summed E-state index contributed by atoms with van der Waals surface area (Å²) in [6.45, 7) is 13.1. The first-order chi connectivity index (χ1) is 6.70. The first-order valence-corrected chi connectivity index (χ1v) is 4.74. The Morgan fingerprint density at radius 3 is 1.93 bits per heavy atom. The van der Waals surface area contributed by atoms with E-state index in [0.717, 1.165) is 11.1 Å². The van der Waals surface area contributed by atoms with Gasteiger partial charge in [-0.1, -0.05) is 45.2 Å². The molecule has 0 saturated heterocycles. The summed E-state index contributed by atoms with van der Waals surface area (Å²) in [7, 11) is 0. The highest BCUT2D eigenvalue weighted by Crippen LogP contribution is 2.19. The van der Waals surface area contributed by atoms with Crippen molar-refractivity contribution in [3.8, 4) is 0 Å². The SMILES string of the molecule is C=Cc1c(C)ccc(F)c1C=C.CC. The van der Waals surface area contributed by atoms with Gasteiger partial charge in [-0.3, -0.25) is 0 Å². The van der Waals surface area contributed by atoms with Gasteiger partial charge in [0.1, 0.15) is 5.82 Å². The molecule has 0 aliphatic rings. The van der Waals surface area contributed by atoms with Crippen LogP contribution in [0.15, 0.2) is 25.3 Å². The normalized spacial score (nSPS) is 8.57. The first-order valence-electron chi connectivity index (χ1n) is 4.74. The molecule has 0 unspecified atom stereocenters. The number of halogens is 1. The first kappa shape index (κ1) is 12.6. The maximum Gasteiger partial charge on any atom is 0.131 e. The van der Waals surface area contributed by atoms with Crippen LogP contribution in [-0.4, -0.2) is 0 Å². The van der Waals surface area contributed by atoms with Crippen molar-refractivity contribution < 1.29 is 4.39 Å². The molecule has 0 bridgehead atoms. The van der Waals surface area contributed by atoms with E-state index in [0.29, 0.717) is 5.56 Å². The molecule has 0 aliphatic heterocycles. The number of aryl methyl sites for hydroxylation is 1. The highest BCUT2D eigenvalue weighted by molar-refractivity contribution is 5.66. The molecule has 1 heteroatoms. The van der Waals surface area contributed by atoms with Crippen LogP contribution in [0.5, 0.6) is 0 Å². The molecule has 76 valence electrons. The molecule has 0 fully saturated rings. The van der Waals surface area contributed by atoms with Crippen molar-refractivity contribution in [1.82, 2.24) is 0 Å². The molecule has 1 aromatic carbocycles. The van der Waals surface area contributed by atoms with E-state index < -0.39 is 0 Å². The molecule has 0 aromatic heterocycles. The minimum absolute atomic E-state index is 0.245. The zero-order valence-corrected chi connectivity index (χ0v) is 9.10. The van der Waals surface area contributed by atoms with Gasteiger partial charge in [-0.25, -0.2) is 4.39 Å². The Bertz CT molecular complexity index is 291. The van der Waals surface area contributed by atoms with Gasteiger partial charge in [0.15, 0.2) is 0 Å². The summed E-state index contributed by atoms with van der Waals surface area (Å²) in [6, 6.07) is 3.18. The van der Waals surface area contributed by atoms with E-state index in [1.54, 1.807) is 12.1 Å². The van der Waals surface area contributed by atoms with Crippen molar-refractivity contribution in [3.05, 3.63) is 47.8 Å². The summed E-state index contributed by atoms with van der Waals surface area (Å²) >= 11 is 0. The Hall–Kier alpha value is -1.37. The Morgan fingerprint density at radius 1 is 1.07 bits per heavy atom. The Morgan fingerprint density at radius 2 is 1.57 bits per heavy atom. The highest BCUT2D eigenvalue weighted by atomic mass is 19.1. The van der Waals surface area contributed by atoms with Crippen LogP contribution < -0.4 is 0 Å². The highest BCUT2D eigenvalue weighted by Gasteiger charge is 2.04. The molecule has 0 radical (unpaired) electrons. The molecule has 0 N–H and O–H groups in total. The van der Waals surface area contributed by atoms with Crippen molar-refractivity contribution in [1.29, 1.82) is 0 Å². The Balaban J connectivity index is 0.000000791. The topological polar surface area (TPSA) is 0 Å². The molecule has 0 saturated carbocycles. The van der Waals surface area contributed by atoms with Gasteiger partial charge in [0.05, 0.1) is 0 Å². The van der Waals surface area contributed by atoms with Crippen LogP contribution in [0.25, 0.3) is 12.2 Å². The van der Waals surface area contributed by atoms with Crippen LogP contribution in [0.3, 0.4) is 0 Å². The number of hydrogen-bond donors (Lipinski definition) is 0. The van der Waals surface area contributed by atoms with Gasteiger partial charge in [-0.15, -0.1) is 0 Å². The number of rotatable bonds is 2. The van der Waals surface area contributed by atoms with E-state index in [1.165, 1.54) is 12.1 Å². The molecule has 0 aliphatic carbocycles. The molecule has 0 amide bonds. The molecule has 1 rings (SSSR count). The van der Waals surface area contributed by atoms with Gasteiger partial charge >= 0.3 is 0 Å². The molecule has 0 nitrogen and oxygen atoms in total. The van der Waals surface area contributed by atoms with Gasteiger partial charge in [0, 0.05) is 5.56 Å². The minimum atomic E-state index is -0.245. The van der Waals surface area contributed by atoms with Crippen molar-refractivity contribution in [2.24, 2.45) is 0 Å². The van der Waals surface area contributed by atoms with Crippen LogP contribution >= 0.6 is 0 Å². The van der Waals surface area contributed by atoms with Crippen molar-refractivity contribution in [3.63, 3.8) is 0 Å². The van der Waals surface area contributed by atoms with E-state index in [1.807, 2.05) is 20.8 Å². The summed E-state index contributed by atoms with van der Waals surface area (Å²) in [5.41, 5.74) is 2.37. The maximum absolute atomic E-state index is 13.1. The molecule has 0 spiro atoms. The zero-order valence-electron chi connectivity index (χ0n) is 9.10. The van der Waals surface area contributed by atoms with Gasteiger partial charge in [-0.2, -0.15) is 0 Å². The van der Waals surface area contributed by atoms with Gasteiger partial charge in [-0.05, 0) is 24.1 Å². The fourth-order valence-corrected chi connectivity index (χ4v) is 1.20. The summed E-state index contributed by atoms with van der Waals surface area (Å²) in [6.07, 6.45) is 3.16. The van der Waals surface area contributed by atoms with E-state index in [4.69, 9.17) is 0 Å². The van der Waals surface area contributed by atoms with Crippen LogP contribution in [-0.2, 0) is 0 Å². The lowest BCUT2D eigenvalue weighted by molar-refractivity contribution is 0.624. The monoisotopic (exact) mass is 192 g/mol. The summed E-state index contributed by atoms with van der Waals surface area (Å²) < 4.78 is 13.1. The summed E-state index contributed by atoms with van der Waals surface area (Å²) in [4.78, 5) is 0. The van der Waals surface area contributed by atoms with E-state index in [9.17, 15) is 4.39 Å². The largest absolute Gasteiger partial charge is 0.206 e. The molecule has 1 aromatic rings. The second kappa shape index (κ2) is 6.14. The lowest BCUT2D eigenvalue weighted by Crippen LogP contribution is -1.90. The molecule has 0 heterocycles. The van der Waals surface area contributed by atoms with Crippen LogP contribution in [0.4, 0.5) is 4.39 Å². The van der Waals surface area contributed by atoms with E-state index in [-0.39, 0.29) is 5.82 Å². The van der Waals surface area contributed by atoms with Crippen LogP contribution in [0.1, 0.15) is 30.5 Å². The summed E-state index contributed by atoms with van der Waals surface area (Å²) in [5.74, 6) is -0.245.